The van der Waals surface area contributed by atoms with E-state index in [-0.39, 0.29) is 11.8 Å². The van der Waals surface area contributed by atoms with Gasteiger partial charge in [0.1, 0.15) is 5.75 Å². The van der Waals surface area contributed by atoms with Crippen LogP contribution in [0.1, 0.15) is 51.9 Å². The summed E-state index contributed by atoms with van der Waals surface area (Å²) in [5.41, 5.74) is -0.327. The van der Waals surface area contributed by atoms with Crippen molar-refractivity contribution in [3.8, 4) is 5.75 Å². The molecule has 0 heterocycles. The summed E-state index contributed by atoms with van der Waals surface area (Å²) in [6.45, 7) is 11.0. The number of benzene rings is 1. The number of carbonyl (C=O) groups excluding carboxylic acids is 2. The van der Waals surface area contributed by atoms with Crippen LogP contribution in [-0.2, 0) is 4.79 Å². The number of Topliss-reactive ketones (excluding diaryl/α,β-unsaturated/α-hetero) is 1. The molecule has 0 aromatic heterocycles. The number of hydrogen-bond donors (Lipinski definition) is 0. The first-order chi connectivity index (χ1) is 8.51. The monoisotopic (exact) mass is 262 g/mol. The summed E-state index contributed by atoms with van der Waals surface area (Å²) in [6.07, 6.45) is 0. The maximum absolute atomic E-state index is 12.1. The Kier molecular flexibility index (Phi) is 4.18. The molecule has 0 aliphatic carbocycles. The van der Waals surface area contributed by atoms with Gasteiger partial charge in [-0.1, -0.05) is 20.8 Å². The van der Waals surface area contributed by atoms with E-state index in [2.05, 4.69) is 0 Å². The van der Waals surface area contributed by atoms with E-state index >= 15 is 0 Å². The highest BCUT2D eigenvalue weighted by Gasteiger charge is 2.25. The molecule has 1 aromatic carbocycles. The quantitative estimate of drug-likeness (QED) is 0.461. The van der Waals surface area contributed by atoms with E-state index in [9.17, 15) is 9.59 Å². The Morgan fingerprint density at radius 2 is 1.32 bits per heavy atom. The van der Waals surface area contributed by atoms with Crippen molar-refractivity contribution in [3.63, 3.8) is 0 Å². The van der Waals surface area contributed by atoms with Crippen molar-refractivity contribution in [2.24, 2.45) is 10.8 Å². The van der Waals surface area contributed by atoms with Gasteiger partial charge < -0.3 is 4.74 Å². The summed E-state index contributed by atoms with van der Waals surface area (Å²) in [6, 6.07) is 6.70. The Bertz CT molecular complexity index is 470. The average Bonchev–Trinajstić information content (AvgIpc) is 2.26. The van der Waals surface area contributed by atoms with E-state index < -0.39 is 10.8 Å². The van der Waals surface area contributed by atoms with Crippen molar-refractivity contribution in [2.45, 2.75) is 41.5 Å². The summed E-state index contributed by atoms with van der Waals surface area (Å²) in [5, 5.41) is 0. The topological polar surface area (TPSA) is 43.4 Å². The van der Waals surface area contributed by atoms with Crippen molar-refractivity contribution in [3.05, 3.63) is 29.8 Å². The molecule has 3 nitrogen and oxygen atoms in total. The van der Waals surface area contributed by atoms with Crippen LogP contribution >= 0.6 is 0 Å². The predicted octanol–water partition coefficient (Wildman–Crippen LogP) is 3.87. The molecular weight excluding hydrogens is 240 g/mol. The highest BCUT2D eigenvalue weighted by atomic mass is 16.5. The first-order valence-electron chi connectivity index (χ1n) is 6.39. The minimum Gasteiger partial charge on any atom is -0.426 e. The minimum absolute atomic E-state index is 0.0706. The molecular formula is C16H22O3. The van der Waals surface area contributed by atoms with Crippen LogP contribution in [-0.4, -0.2) is 11.8 Å². The van der Waals surface area contributed by atoms with Crippen LogP contribution in [0.4, 0.5) is 0 Å². The molecule has 19 heavy (non-hydrogen) atoms. The molecule has 0 saturated heterocycles. The van der Waals surface area contributed by atoms with Gasteiger partial charge in [0, 0.05) is 11.0 Å². The molecule has 0 aliphatic heterocycles. The fourth-order valence-electron chi connectivity index (χ4n) is 1.37. The summed E-state index contributed by atoms with van der Waals surface area (Å²) in [5.74, 6) is 0.244. The molecule has 0 amide bonds. The van der Waals surface area contributed by atoms with Gasteiger partial charge >= 0.3 is 5.97 Å². The number of carbonyl (C=O) groups is 2. The lowest BCUT2D eigenvalue weighted by Gasteiger charge is -2.18. The molecule has 0 aliphatic rings. The minimum atomic E-state index is -0.542. The fraction of sp³-hybridized carbons (Fsp3) is 0.500. The highest BCUT2D eigenvalue weighted by molar-refractivity contribution is 5.99. The normalized spacial score (nSPS) is 12.1. The zero-order valence-electron chi connectivity index (χ0n) is 12.5. The van der Waals surface area contributed by atoms with Gasteiger partial charge in [0.2, 0.25) is 0 Å². The number of ether oxygens (including phenoxy) is 1. The summed E-state index contributed by atoms with van der Waals surface area (Å²) in [7, 11) is 0. The van der Waals surface area contributed by atoms with Crippen molar-refractivity contribution < 1.29 is 14.3 Å². The van der Waals surface area contributed by atoms with E-state index in [0.717, 1.165) is 0 Å². The van der Waals surface area contributed by atoms with E-state index in [1.54, 1.807) is 45.0 Å². The van der Waals surface area contributed by atoms with E-state index in [1.165, 1.54) is 0 Å². The van der Waals surface area contributed by atoms with Gasteiger partial charge in [0.25, 0.3) is 0 Å². The zero-order valence-corrected chi connectivity index (χ0v) is 12.5. The van der Waals surface area contributed by atoms with Crippen LogP contribution in [0.5, 0.6) is 5.75 Å². The summed E-state index contributed by atoms with van der Waals surface area (Å²) < 4.78 is 5.25. The second kappa shape index (κ2) is 5.16. The number of esters is 1. The molecule has 0 N–H and O–H groups in total. The predicted molar refractivity (Wildman–Crippen MR) is 75.3 cm³/mol. The lowest BCUT2D eigenvalue weighted by atomic mass is 9.86. The van der Waals surface area contributed by atoms with Gasteiger partial charge in [0.05, 0.1) is 5.41 Å². The zero-order chi connectivity index (χ0) is 14.8. The van der Waals surface area contributed by atoms with Gasteiger partial charge in [-0.25, -0.2) is 0 Å². The molecule has 0 radical (unpaired) electrons. The number of hydrogen-bond acceptors (Lipinski definition) is 3. The van der Waals surface area contributed by atoms with Gasteiger partial charge in [-0.2, -0.15) is 0 Å². The highest BCUT2D eigenvalue weighted by Crippen LogP contribution is 2.24. The Labute approximate surface area is 115 Å². The maximum Gasteiger partial charge on any atom is 0.316 e. The van der Waals surface area contributed by atoms with Crippen molar-refractivity contribution in [1.82, 2.24) is 0 Å². The maximum atomic E-state index is 12.1. The van der Waals surface area contributed by atoms with Crippen LogP contribution in [0.25, 0.3) is 0 Å². The lowest BCUT2D eigenvalue weighted by molar-refractivity contribution is -0.142. The molecule has 1 rings (SSSR count). The Hall–Kier alpha value is -1.64. The first kappa shape index (κ1) is 15.4. The van der Waals surface area contributed by atoms with Crippen molar-refractivity contribution in [2.75, 3.05) is 0 Å². The van der Waals surface area contributed by atoms with Crippen LogP contribution in [0.3, 0.4) is 0 Å². The van der Waals surface area contributed by atoms with Gasteiger partial charge in [-0.05, 0) is 45.0 Å². The van der Waals surface area contributed by atoms with E-state index in [1.807, 2.05) is 20.8 Å². The first-order valence-corrected chi connectivity index (χ1v) is 6.39. The number of rotatable bonds is 2. The third kappa shape index (κ3) is 4.19. The van der Waals surface area contributed by atoms with E-state index in [4.69, 9.17) is 4.74 Å². The van der Waals surface area contributed by atoms with Gasteiger partial charge in [-0.3, -0.25) is 9.59 Å². The Morgan fingerprint density at radius 3 is 1.68 bits per heavy atom. The van der Waals surface area contributed by atoms with Crippen molar-refractivity contribution >= 4 is 11.8 Å². The van der Waals surface area contributed by atoms with Crippen LogP contribution in [0, 0.1) is 10.8 Å². The SMILES string of the molecule is CC(C)(C)C(=O)Oc1ccc(C(=O)C(C)(C)C)cc1. The number of ketones is 1. The van der Waals surface area contributed by atoms with Gasteiger partial charge in [0.15, 0.2) is 5.78 Å². The van der Waals surface area contributed by atoms with Crippen LogP contribution in [0.15, 0.2) is 24.3 Å². The molecule has 0 saturated carbocycles. The standard InChI is InChI=1S/C16H22O3/c1-15(2,3)13(17)11-7-9-12(10-8-11)19-14(18)16(4,5)6/h7-10H,1-6H3. The average molecular weight is 262 g/mol. The Balaban J connectivity index is 2.84. The Morgan fingerprint density at radius 1 is 0.842 bits per heavy atom. The fourth-order valence-corrected chi connectivity index (χ4v) is 1.37. The largest absolute Gasteiger partial charge is 0.426 e. The molecule has 3 heteroatoms. The second-order valence-electron chi connectivity index (χ2n) is 6.74. The molecule has 0 atom stereocenters. The van der Waals surface area contributed by atoms with Crippen LogP contribution in [0.2, 0.25) is 0 Å². The van der Waals surface area contributed by atoms with Crippen LogP contribution < -0.4 is 4.74 Å². The third-order valence-corrected chi connectivity index (χ3v) is 2.62. The molecule has 0 bridgehead atoms. The van der Waals surface area contributed by atoms with E-state index in [0.29, 0.717) is 11.3 Å². The summed E-state index contributed by atoms with van der Waals surface area (Å²) in [4.78, 5) is 23.8. The summed E-state index contributed by atoms with van der Waals surface area (Å²) >= 11 is 0. The molecule has 0 unspecified atom stereocenters. The van der Waals surface area contributed by atoms with Crippen molar-refractivity contribution in [1.29, 1.82) is 0 Å². The second-order valence-corrected chi connectivity index (χ2v) is 6.74. The molecule has 104 valence electrons. The third-order valence-electron chi connectivity index (χ3n) is 2.62. The molecule has 1 aromatic rings. The van der Waals surface area contributed by atoms with Gasteiger partial charge in [-0.15, -0.1) is 0 Å². The smallest absolute Gasteiger partial charge is 0.316 e. The lowest BCUT2D eigenvalue weighted by Crippen LogP contribution is -2.25. The molecule has 0 fully saturated rings. The molecule has 0 spiro atoms.